The van der Waals surface area contributed by atoms with Gasteiger partial charge < -0.3 is 9.47 Å². The molecule has 0 amide bonds. The van der Waals surface area contributed by atoms with Crippen LogP contribution < -0.4 is 0 Å². The topological polar surface area (TPSA) is 76.2 Å². The van der Waals surface area contributed by atoms with Gasteiger partial charge in [0.05, 0.1) is 29.8 Å². The molecule has 1 aromatic heterocycles. The van der Waals surface area contributed by atoms with E-state index in [0.29, 0.717) is 22.4 Å². The van der Waals surface area contributed by atoms with Crippen LogP contribution in [-0.2, 0) is 30.5 Å². The van der Waals surface area contributed by atoms with Gasteiger partial charge in [0.2, 0.25) is 10.0 Å². The van der Waals surface area contributed by atoms with Gasteiger partial charge in [-0.05, 0) is 48.9 Å². The van der Waals surface area contributed by atoms with Gasteiger partial charge >= 0.3 is 12.1 Å². The summed E-state index contributed by atoms with van der Waals surface area (Å²) in [6.07, 6.45) is -2.25. The second kappa shape index (κ2) is 9.11. The molecule has 1 aromatic carbocycles. The number of alkyl halides is 3. The Bertz CT molecular complexity index is 1090. The molecule has 1 aliphatic rings. The monoisotopic (exact) mass is 475 g/mol. The van der Waals surface area contributed by atoms with E-state index in [9.17, 15) is 26.4 Å². The van der Waals surface area contributed by atoms with Crippen molar-refractivity contribution in [2.45, 2.75) is 24.1 Å². The zero-order valence-electron chi connectivity index (χ0n) is 16.7. The quantitative estimate of drug-likeness (QED) is 0.327. The number of hydrogen-bond acceptors (Lipinski definition) is 6. The fourth-order valence-electron chi connectivity index (χ4n) is 2.73. The maximum absolute atomic E-state index is 13.5. The first kappa shape index (κ1) is 23.5. The van der Waals surface area contributed by atoms with Crippen molar-refractivity contribution >= 4 is 33.4 Å². The second-order valence-electron chi connectivity index (χ2n) is 6.77. The van der Waals surface area contributed by atoms with Crippen LogP contribution in [0, 0.1) is 0 Å². The number of likely N-dealkylation sites (N-methyl/N-ethyl adjacent to an activating group) is 1. The molecular weight excluding hydrogens is 455 g/mol. The number of nitrogens with zero attached hydrogens (tertiary/aromatic N) is 1. The maximum Gasteiger partial charge on any atom is 0.416 e. The third-order valence-corrected chi connectivity index (χ3v) is 7.29. The molecule has 0 unspecified atom stereocenters. The molecule has 0 N–H and O–H groups in total. The maximum atomic E-state index is 13.5. The molecule has 2 heterocycles. The summed E-state index contributed by atoms with van der Waals surface area (Å²) in [7, 11) is -2.84. The molecule has 0 spiro atoms. The summed E-state index contributed by atoms with van der Waals surface area (Å²) in [5.41, 5.74) is -0.943. The zero-order valence-corrected chi connectivity index (χ0v) is 18.3. The van der Waals surface area contributed by atoms with Crippen molar-refractivity contribution in [3.05, 3.63) is 46.8 Å². The Labute approximate surface area is 181 Å². The smallest absolute Gasteiger partial charge is 0.416 e. The highest BCUT2D eigenvalue weighted by atomic mass is 32.2. The van der Waals surface area contributed by atoms with E-state index in [1.165, 1.54) is 25.3 Å². The third kappa shape index (κ3) is 5.94. The summed E-state index contributed by atoms with van der Waals surface area (Å²) in [5.74, 6) is -0.535. The number of thiophene rings is 1. The van der Waals surface area contributed by atoms with Crippen LogP contribution in [0.15, 0.2) is 41.3 Å². The first-order chi connectivity index (χ1) is 14.5. The number of carbonyl (C=O) groups is 1. The highest BCUT2D eigenvalue weighted by Gasteiger charge is 2.35. The van der Waals surface area contributed by atoms with Gasteiger partial charge in [0.25, 0.3) is 0 Å². The Balaban J connectivity index is 1.97. The van der Waals surface area contributed by atoms with Crippen molar-refractivity contribution in [2.24, 2.45) is 0 Å². The molecule has 31 heavy (non-hydrogen) atoms. The lowest BCUT2D eigenvalue weighted by atomic mass is 10.1. The lowest BCUT2D eigenvalue weighted by Gasteiger charge is -2.18. The van der Waals surface area contributed by atoms with Gasteiger partial charge in [0.1, 0.15) is 0 Å². The van der Waals surface area contributed by atoms with E-state index in [-0.39, 0.29) is 24.8 Å². The minimum atomic E-state index is -4.72. The molecule has 0 aliphatic carbocycles. The van der Waals surface area contributed by atoms with Crippen molar-refractivity contribution in [1.82, 2.24) is 4.31 Å². The molecule has 0 bridgehead atoms. The summed E-state index contributed by atoms with van der Waals surface area (Å²) in [6.45, 7) is 2.38. The second-order valence-corrected chi connectivity index (χ2v) is 9.93. The predicted molar refractivity (Wildman–Crippen MR) is 110 cm³/mol. The highest BCUT2D eigenvalue weighted by Crippen LogP contribution is 2.37. The van der Waals surface area contributed by atoms with Crippen molar-refractivity contribution in [3.8, 4) is 10.4 Å². The summed E-state index contributed by atoms with van der Waals surface area (Å²) < 4.78 is 76.9. The minimum Gasteiger partial charge on any atom is -0.463 e. The molecule has 3 rings (SSSR count). The van der Waals surface area contributed by atoms with E-state index in [2.05, 4.69) is 0 Å². The lowest BCUT2D eigenvalue weighted by molar-refractivity contribution is -0.138. The molecule has 0 radical (unpaired) electrons. The van der Waals surface area contributed by atoms with E-state index < -0.39 is 32.6 Å². The van der Waals surface area contributed by atoms with Gasteiger partial charge in [-0.3, -0.25) is 0 Å². The molecule has 0 saturated carbocycles. The number of carbonyl (C=O) groups excluding carboxylic acids is 1. The fourth-order valence-corrected chi connectivity index (χ4v) is 4.90. The molecule has 1 aliphatic heterocycles. The standard InChI is InChI=1S/C20H20F3NO5S2/c1-3-28-19(25)7-5-16-4-6-18(30-16)13-8-14(20(21,22)23)10-17(9-13)31(26,27)24(2)11-15-12-29-15/h4-10,15H,3,11-12H2,1-2H3/t15-/m0/s1. The largest absolute Gasteiger partial charge is 0.463 e. The summed E-state index contributed by atoms with van der Waals surface area (Å²) in [4.78, 5) is 12.0. The van der Waals surface area contributed by atoms with Crippen LogP contribution in [0.1, 0.15) is 17.4 Å². The van der Waals surface area contributed by atoms with Crippen LogP contribution in [0.25, 0.3) is 16.5 Å². The lowest BCUT2D eigenvalue weighted by Crippen LogP contribution is -2.30. The predicted octanol–water partition coefficient (Wildman–Crippen LogP) is 4.03. The van der Waals surface area contributed by atoms with E-state index >= 15 is 0 Å². The number of esters is 1. The van der Waals surface area contributed by atoms with Crippen LogP contribution in [0.2, 0.25) is 0 Å². The third-order valence-electron chi connectivity index (χ3n) is 4.39. The minimum absolute atomic E-state index is 0.0652. The highest BCUT2D eigenvalue weighted by molar-refractivity contribution is 7.89. The van der Waals surface area contributed by atoms with Gasteiger partial charge in [-0.15, -0.1) is 11.3 Å². The Kier molecular flexibility index (Phi) is 6.89. The summed E-state index contributed by atoms with van der Waals surface area (Å²) >= 11 is 1.12. The molecule has 1 saturated heterocycles. The van der Waals surface area contributed by atoms with Crippen LogP contribution >= 0.6 is 11.3 Å². The first-order valence-corrected chi connectivity index (χ1v) is 11.5. The Morgan fingerprint density at radius 3 is 2.65 bits per heavy atom. The van der Waals surface area contributed by atoms with Crippen molar-refractivity contribution in [1.29, 1.82) is 0 Å². The Hall–Kier alpha value is -2.21. The van der Waals surface area contributed by atoms with E-state index in [1.807, 2.05) is 0 Å². The molecular formula is C20H20F3NO5S2. The number of halogens is 3. The van der Waals surface area contributed by atoms with Gasteiger partial charge in [0.15, 0.2) is 0 Å². The molecule has 1 fully saturated rings. The fraction of sp³-hybridized carbons (Fsp3) is 0.350. The van der Waals surface area contributed by atoms with Gasteiger partial charge in [-0.1, -0.05) is 0 Å². The average Bonchev–Trinajstić information content (AvgIpc) is 3.38. The normalized spacial score (nSPS) is 16.8. The van der Waals surface area contributed by atoms with Crippen LogP contribution in [0.5, 0.6) is 0 Å². The number of sulfonamides is 1. The van der Waals surface area contributed by atoms with Crippen LogP contribution in [-0.4, -0.2) is 51.6 Å². The number of epoxide rings is 1. The molecule has 11 heteroatoms. The van der Waals surface area contributed by atoms with Crippen LogP contribution in [0.4, 0.5) is 13.2 Å². The molecule has 2 aromatic rings. The van der Waals surface area contributed by atoms with Crippen molar-refractivity contribution in [3.63, 3.8) is 0 Å². The molecule has 168 valence electrons. The number of hydrogen-bond donors (Lipinski definition) is 0. The van der Waals surface area contributed by atoms with Gasteiger partial charge in [0, 0.05) is 29.4 Å². The summed E-state index contributed by atoms with van der Waals surface area (Å²) in [6, 6.07) is 5.97. The Morgan fingerprint density at radius 1 is 1.32 bits per heavy atom. The van der Waals surface area contributed by atoms with Crippen LogP contribution in [0.3, 0.4) is 0 Å². The molecule has 6 nitrogen and oxygen atoms in total. The SMILES string of the molecule is CCOC(=O)C=Cc1ccc(-c2cc(C(F)(F)F)cc(S(=O)(=O)N(C)C[C@H]3CO3)c2)s1. The van der Waals surface area contributed by atoms with Crippen molar-refractivity contribution in [2.75, 3.05) is 26.8 Å². The number of rotatable bonds is 8. The van der Waals surface area contributed by atoms with E-state index in [4.69, 9.17) is 9.47 Å². The first-order valence-electron chi connectivity index (χ1n) is 9.26. The Morgan fingerprint density at radius 2 is 2.03 bits per heavy atom. The summed E-state index contributed by atoms with van der Waals surface area (Å²) in [5, 5.41) is 0. The van der Waals surface area contributed by atoms with E-state index in [0.717, 1.165) is 21.7 Å². The van der Waals surface area contributed by atoms with Gasteiger partial charge in [-0.2, -0.15) is 17.5 Å². The van der Waals surface area contributed by atoms with Crippen molar-refractivity contribution < 1.29 is 35.9 Å². The zero-order chi connectivity index (χ0) is 22.8. The van der Waals surface area contributed by atoms with E-state index in [1.54, 1.807) is 19.1 Å². The number of benzene rings is 1. The van der Waals surface area contributed by atoms with Gasteiger partial charge in [-0.25, -0.2) is 13.2 Å². The average molecular weight is 476 g/mol. The number of ether oxygens (including phenoxy) is 2. The molecule has 1 atom stereocenters.